The zero-order chi connectivity index (χ0) is 19.2. The molecule has 0 spiro atoms. The fourth-order valence-electron chi connectivity index (χ4n) is 2.54. The van der Waals surface area contributed by atoms with Crippen molar-refractivity contribution in [2.75, 3.05) is 5.32 Å². The van der Waals surface area contributed by atoms with E-state index in [1.165, 1.54) is 4.68 Å². The van der Waals surface area contributed by atoms with Crippen LogP contribution >= 0.6 is 23.2 Å². The Morgan fingerprint density at radius 1 is 1.31 bits per heavy atom. The fourth-order valence-corrected chi connectivity index (χ4v) is 3.07. The van der Waals surface area contributed by atoms with Crippen molar-refractivity contribution >= 4 is 34.7 Å². The summed E-state index contributed by atoms with van der Waals surface area (Å²) < 4.78 is 39.6. The molecule has 3 rings (SSSR count). The summed E-state index contributed by atoms with van der Waals surface area (Å²) in [5.74, 6) is 0.567. The Morgan fingerprint density at radius 2 is 1.96 bits per heavy atom. The number of rotatable bonds is 4. The van der Waals surface area contributed by atoms with Gasteiger partial charge in [-0.1, -0.05) is 23.2 Å². The van der Waals surface area contributed by atoms with Crippen molar-refractivity contribution in [3.05, 3.63) is 38.1 Å². The molecule has 1 N–H and O–H groups in total. The van der Waals surface area contributed by atoms with E-state index in [9.17, 15) is 18.0 Å². The number of nitrogens with one attached hydrogen (secondary N) is 1. The van der Waals surface area contributed by atoms with Crippen molar-refractivity contribution in [1.82, 2.24) is 19.7 Å². The van der Waals surface area contributed by atoms with Gasteiger partial charge in [-0.15, -0.1) is 0 Å². The minimum Gasteiger partial charge on any atom is -0.332 e. The van der Waals surface area contributed by atoms with Crippen LogP contribution in [0.5, 0.6) is 0 Å². The van der Waals surface area contributed by atoms with Gasteiger partial charge in [-0.2, -0.15) is 18.3 Å². The van der Waals surface area contributed by atoms with Gasteiger partial charge in [0.15, 0.2) is 5.15 Å². The Morgan fingerprint density at radius 3 is 2.50 bits per heavy atom. The van der Waals surface area contributed by atoms with Gasteiger partial charge in [0.1, 0.15) is 11.5 Å². The molecule has 1 aliphatic rings. The summed E-state index contributed by atoms with van der Waals surface area (Å²) >= 11 is 11.7. The molecule has 1 saturated carbocycles. The number of pyridine rings is 1. The Bertz CT molecular complexity index is 888. The first-order valence-electron chi connectivity index (χ1n) is 7.75. The fraction of sp³-hybridized carbons (Fsp3) is 0.467. The van der Waals surface area contributed by atoms with E-state index >= 15 is 0 Å². The van der Waals surface area contributed by atoms with Crippen LogP contribution in [-0.2, 0) is 6.18 Å². The Kier molecular flexibility index (Phi) is 4.87. The molecule has 0 amide bonds. The second-order valence-electron chi connectivity index (χ2n) is 6.11. The number of hydrogen-bond acceptors (Lipinski definition) is 5. The quantitative estimate of drug-likeness (QED) is 0.761. The summed E-state index contributed by atoms with van der Waals surface area (Å²) in [6.07, 6.45) is -2.66. The first-order chi connectivity index (χ1) is 12.1. The van der Waals surface area contributed by atoms with Gasteiger partial charge in [0, 0.05) is 0 Å². The van der Waals surface area contributed by atoms with Crippen LogP contribution in [0.4, 0.5) is 24.7 Å². The normalized spacial score (nSPS) is 15.8. The third kappa shape index (κ3) is 3.78. The van der Waals surface area contributed by atoms with Crippen LogP contribution in [0.25, 0.3) is 0 Å². The molecule has 1 unspecified atom stereocenters. The largest absolute Gasteiger partial charge is 0.433 e. The Hall–Kier alpha value is -1.87. The van der Waals surface area contributed by atoms with Crippen LogP contribution in [-0.4, -0.2) is 19.7 Å². The topological polar surface area (TPSA) is 72.7 Å². The van der Waals surface area contributed by atoms with E-state index < -0.39 is 22.6 Å². The molecular formula is C15H14Cl2F3N5O. The number of anilines is 2. The molecule has 0 saturated heterocycles. The van der Waals surface area contributed by atoms with E-state index in [1.807, 2.05) is 6.92 Å². The maximum absolute atomic E-state index is 12.8. The lowest BCUT2D eigenvalue weighted by molar-refractivity contribution is -0.141. The first kappa shape index (κ1) is 18.9. The van der Waals surface area contributed by atoms with Gasteiger partial charge in [-0.05, 0) is 38.7 Å². The van der Waals surface area contributed by atoms with Gasteiger partial charge in [0.2, 0.25) is 5.82 Å². The summed E-state index contributed by atoms with van der Waals surface area (Å²) in [4.78, 5) is 19.9. The number of nitrogens with zero attached hydrogens (tertiary/aromatic N) is 4. The van der Waals surface area contributed by atoms with E-state index in [0.717, 1.165) is 12.8 Å². The minimum atomic E-state index is -4.69. The third-order valence-corrected chi connectivity index (χ3v) is 4.66. The van der Waals surface area contributed by atoms with Crippen LogP contribution in [0.1, 0.15) is 37.3 Å². The van der Waals surface area contributed by atoms with Crippen LogP contribution in [0, 0.1) is 12.8 Å². The summed E-state index contributed by atoms with van der Waals surface area (Å²) in [7, 11) is 0. The van der Waals surface area contributed by atoms with E-state index in [4.69, 9.17) is 23.2 Å². The molecule has 0 aliphatic heterocycles. The predicted octanol–water partition coefficient (Wildman–Crippen LogP) is 4.38. The maximum Gasteiger partial charge on any atom is 0.433 e. The van der Waals surface area contributed by atoms with Gasteiger partial charge < -0.3 is 5.32 Å². The molecule has 0 radical (unpaired) electrons. The molecule has 2 aromatic heterocycles. The average Bonchev–Trinajstić information content (AvgIpc) is 3.36. The van der Waals surface area contributed by atoms with E-state index in [1.54, 1.807) is 6.92 Å². The standard InChI is InChI=1S/C15H14Cl2F3N5O/c1-6(8-3-4-8)25-14(26)13(21-7(2)24-25)23-11-9(16)5-10(15(18,19)20)22-12(11)17/h5-6,8H,3-4H2,1-2H3,(H,21,23,24). The van der Waals surface area contributed by atoms with E-state index in [-0.39, 0.29) is 22.6 Å². The third-order valence-electron chi connectivity index (χ3n) is 4.09. The lowest BCUT2D eigenvalue weighted by Crippen LogP contribution is -2.30. The minimum absolute atomic E-state index is 0.110. The molecule has 26 heavy (non-hydrogen) atoms. The van der Waals surface area contributed by atoms with Crippen molar-refractivity contribution < 1.29 is 13.2 Å². The van der Waals surface area contributed by atoms with Gasteiger partial charge in [-0.3, -0.25) is 4.79 Å². The summed E-state index contributed by atoms with van der Waals surface area (Å²) in [5, 5.41) is 5.92. The molecule has 1 aliphatic carbocycles. The van der Waals surface area contributed by atoms with Crippen LogP contribution in [0.2, 0.25) is 10.2 Å². The van der Waals surface area contributed by atoms with Gasteiger partial charge in [0.25, 0.3) is 0 Å². The molecule has 2 aromatic rings. The van der Waals surface area contributed by atoms with Crippen molar-refractivity contribution in [2.45, 2.75) is 38.9 Å². The highest BCUT2D eigenvalue weighted by molar-refractivity contribution is 6.38. The maximum atomic E-state index is 12.8. The molecule has 2 heterocycles. The molecule has 0 bridgehead atoms. The van der Waals surface area contributed by atoms with Crippen molar-refractivity contribution in [3.8, 4) is 0 Å². The number of aromatic nitrogens is 4. The number of hydrogen-bond donors (Lipinski definition) is 1. The Labute approximate surface area is 156 Å². The highest BCUT2D eigenvalue weighted by Crippen LogP contribution is 2.39. The highest BCUT2D eigenvalue weighted by atomic mass is 35.5. The molecule has 1 atom stereocenters. The number of alkyl halides is 3. The summed E-state index contributed by atoms with van der Waals surface area (Å²) in [6.45, 7) is 3.49. The lowest BCUT2D eigenvalue weighted by atomic mass is 10.2. The monoisotopic (exact) mass is 407 g/mol. The van der Waals surface area contributed by atoms with Crippen molar-refractivity contribution in [3.63, 3.8) is 0 Å². The van der Waals surface area contributed by atoms with E-state index in [0.29, 0.717) is 17.8 Å². The molecule has 1 fully saturated rings. The summed E-state index contributed by atoms with van der Waals surface area (Å²) in [6, 6.07) is 0.524. The molecule has 0 aromatic carbocycles. The van der Waals surface area contributed by atoms with Gasteiger partial charge in [0.05, 0.1) is 16.8 Å². The van der Waals surface area contributed by atoms with Crippen LogP contribution in [0.3, 0.4) is 0 Å². The zero-order valence-corrected chi connectivity index (χ0v) is 15.2. The zero-order valence-electron chi connectivity index (χ0n) is 13.7. The van der Waals surface area contributed by atoms with E-state index in [2.05, 4.69) is 20.4 Å². The molecule has 140 valence electrons. The molecular weight excluding hydrogens is 394 g/mol. The van der Waals surface area contributed by atoms with Crippen molar-refractivity contribution in [2.24, 2.45) is 5.92 Å². The predicted molar refractivity (Wildman–Crippen MR) is 91.0 cm³/mol. The van der Waals surface area contributed by atoms with Gasteiger partial charge in [-0.25, -0.2) is 14.6 Å². The van der Waals surface area contributed by atoms with Crippen LogP contribution in [0.15, 0.2) is 10.9 Å². The molecule has 6 nitrogen and oxygen atoms in total. The SMILES string of the molecule is Cc1nc(Nc2c(Cl)cc(C(F)(F)F)nc2Cl)c(=O)n(C(C)C2CC2)n1. The second-order valence-corrected chi connectivity index (χ2v) is 6.88. The summed E-state index contributed by atoms with van der Waals surface area (Å²) in [5.41, 5.74) is -1.86. The number of halogens is 5. The van der Waals surface area contributed by atoms with Crippen LogP contribution < -0.4 is 10.9 Å². The van der Waals surface area contributed by atoms with Crippen molar-refractivity contribution in [1.29, 1.82) is 0 Å². The molecule has 11 heteroatoms. The second kappa shape index (κ2) is 6.70. The van der Waals surface area contributed by atoms with Gasteiger partial charge >= 0.3 is 11.7 Å². The Balaban J connectivity index is 2.00. The average molecular weight is 408 g/mol. The lowest BCUT2D eigenvalue weighted by Gasteiger charge is -2.16. The first-order valence-corrected chi connectivity index (χ1v) is 8.51. The highest BCUT2D eigenvalue weighted by Gasteiger charge is 2.34. The number of aryl methyl sites for hydroxylation is 1. The smallest absolute Gasteiger partial charge is 0.332 e.